The van der Waals surface area contributed by atoms with Gasteiger partial charge in [-0.25, -0.2) is 9.78 Å². The Morgan fingerprint density at radius 1 is 1.71 bits per heavy atom. The number of anilines is 1. The number of aromatic nitrogens is 1. The van der Waals surface area contributed by atoms with Crippen LogP contribution in [0.1, 0.15) is 16.8 Å². The molecular formula is C11H13BrN2O3. The van der Waals surface area contributed by atoms with Crippen LogP contribution < -0.4 is 4.90 Å². The van der Waals surface area contributed by atoms with Gasteiger partial charge >= 0.3 is 5.97 Å². The average molecular weight is 301 g/mol. The molecule has 1 aromatic rings. The number of ether oxygens (including phenoxy) is 1. The molecule has 1 N–H and O–H groups in total. The van der Waals surface area contributed by atoms with E-state index in [-0.39, 0.29) is 6.10 Å². The molecule has 2 rings (SSSR count). The Bertz CT molecular complexity index is 439. The van der Waals surface area contributed by atoms with Crippen LogP contribution in [-0.2, 0) is 4.74 Å². The number of methoxy groups -OCH3 is 1. The second-order valence-electron chi connectivity index (χ2n) is 3.90. The SMILES string of the molecule is COC(=O)c1cc(Br)cnc1N1CC[C@@H](O)C1. The topological polar surface area (TPSA) is 62.7 Å². The molecule has 1 fully saturated rings. The second-order valence-corrected chi connectivity index (χ2v) is 4.82. The van der Waals surface area contributed by atoms with Crippen LogP contribution in [0, 0.1) is 0 Å². The molecule has 0 radical (unpaired) electrons. The third-order valence-corrected chi connectivity index (χ3v) is 3.14. The molecule has 0 amide bonds. The van der Waals surface area contributed by atoms with Crippen molar-refractivity contribution in [1.82, 2.24) is 4.98 Å². The van der Waals surface area contributed by atoms with E-state index in [9.17, 15) is 9.90 Å². The molecule has 92 valence electrons. The van der Waals surface area contributed by atoms with E-state index in [0.717, 1.165) is 4.47 Å². The molecule has 17 heavy (non-hydrogen) atoms. The van der Waals surface area contributed by atoms with Gasteiger partial charge in [-0.3, -0.25) is 0 Å². The first-order valence-electron chi connectivity index (χ1n) is 5.28. The molecule has 0 aliphatic carbocycles. The molecule has 0 spiro atoms. The number of pyridine rings is 1. The summed E-state index contributed by atoms with van der Waals surface area (Å²) in [5.41, 5.74) is 0.413. The summed E-state index contributed by atoms with van der Waals surface area (Å²) in [4.78, 5) is 17.8. The summed E-state index contributed by atoms with van der Waals surface area (Å²) in [7, 11) is 1.34. The molecule has 0 saturated carbocycles. The quantitative estimate of drug-likeness (QED) is 0.832. The van der Waals surface area contributed by atoms with E-state index in [4.69, 9.17) is 4.74 Å². The zero-order valence-corrected chi connectivity index (χ0v) is 11.0. The Labute approximate surface area is 108 Å². The summed E-state index contributed by atoms with van der Waals surface area (Å²) in [6.45, 7) is 1.19. The maximum Gasteiger partial charge on any atom is 0.341 e. The van der Waals surface area contributed by atoms with Gasteiger partial charge in [0.1, 0.15) is 11.4 Å². The molecular weight excluding hydrogens is 288 g/mol. The lowest BCUT2D eigenvalue weighted by atomic mass is 10.2. The van der Waals surface area contributed by atoms with Crippen LogP contribution in [0.5, 0.6) is 0 Å². The number of carbonyl (C=O) groups excluding carboxylic acids is 1. The van der Waals surface area contributed by atoms with Gasteiger partial charge in [0.2, 0.25) is 0 Å². The lowest BCUT2D eigenvalue weighted by molar-refractivity contribution is 0.0601. The minimum atomic E-state index is -0.421. The molecule has 0 bridgehead atoms. The molecule has 1 atom stereocenters. The van der Waals surface area contributed by atoms with Gasteiger partial charge in [-0.15, -0.1) is 0 Å². The van der Waals surface area contributed by atoms with Crippen molar-refractivity contribution in [1.29, 1.82) is 0 Å². The smallest absolute Gasteiger partial charge is 0.341 e. The van der Waals surface area contributed by atoms with Gasteiger partial charge in [-0.05, 0) is 28.4 Å². The highest BCUT2D eigenvalue weighted by atomic mass is 79.9. The molecule has 1 aliphatic rings. The number of β-amino-alcohol motifs (C(OH)–C–C–N with tert-alkyl or cyclic N) is 1. The summed E-state index contributed by atoms with van der Waals surface area (Å²) in [5, 5.41) is 9.51. The molecule has 6 heteroatoms. The van der Waals surface area contributed by atoms with Crippen LogP contribution in [0.3, 0.4) is 0 Å². The van der Waals surface area contributed by atoms with Crippen molar-refractivity contribution in [2.24, 2.45) is 0 Å². The largest absolute Gasteiger partial charge is 0.465 e. The average Bonchev–Trinajstić information content (AvgIpc) is 2.74. The predicted octanol–water partition coefficient (Wildman–Crippen LogP) is 1.20. The van der Waals surface area contributed by atoms with Gasteiger partial charge < -0.3 is 14.7 Å². The lowest BCUT2D eigenvalue weighted by Crippen LogP contribution is -2.24. The van der Waals surface area contributed by atoms with Crippen molar-refractivity contribution >= 4 is 27.7 Å². The minimum absolute atomic E-state index is 0.356. The van der Waals surface area contributed by atoms with Crippen LogP contribution in [0.2, 0.25) is 0 Å². The van der Waals surface area contributed by atoms with Crippen molar-refractivity contribution in [2.75, 3.05) is 25.1 Å². The standard InChI is InChI=1S/C11H13BrN2O3/c1-17-11(16)9-4-7(12)5-13-10(9)14-3-2-8(15)6-14/h4-5,8,15H,2-3,6H2,1H3/t8-/m1/s1. The summed E-state index contributed by atoms with van der Waals surface area (Å²) in [5.74, 6) is 0.145. The van der Waals surface area contributed by atoms with E-state index in [1.807, 2.05) is 4.90 Å². The van der Waals surface area contributed by atoms with E-state index in [1.165, 1.54) is 7.11 Å². The molecule has 2 heterocycles. The van der Waals surface area contributed by atoms with E-state index >= 15 is 0 Å². The minimum Gasteiger partial charge on any atom is -0.465 e. The Hall–Kier alpha value is -1.14. The Morgan fingerprint density at radius 2 is 2.47 bits per heavy atom. The molecule has 0 aromatic carbocycles. The summed E-state index contributed by atoms with van der Waals surface area (Å²) in [6, 6.07) is 1.68. The van der Waals surface area contributed by atoms with Crippen LogP contribution >= 0.6 is 15.9 Å². The van der Waals surface area contributed by atoms with Gasteiger partial charge in [0.25, 0.3) is 0 Å². The molecule has 1 aliphatic heterocycles. The molecule has 1 saturated heterocycles. The van der Waals surface area contributed by atoms with Crippen LogP contribution in [0.4, 0.5) is 5.82 Å². The first-order valence-corrected chi connectivity index (χ1v) is 6.08. The van der Waals surface area contributed by atoms with Crippen molar-refractivity contribution in [3.05, 3.63) is 22.3 Å². The number of aliphatic hydroxyl groups excluding tert-OH is 1. The number of hydrogen-bond acceptors (Lipinski definition) is 5. The van der Waals surface area contributed by atoms with Crippen molar-refractivity contribution < 1.29 is 14.6 Å². The summed E-state index contributed by atoms with van der Waals surface area (Å²) >= 11 is 3.28. The zero-order chi connectivity index (χ0) is 12.4. The third-order valence-electron chi connectivity index (χ3n) is 2.70. The number of hydrogen-bond donors (Lipinski definition) is 1. The number of carbonyl (C=O) groups is 1. The Kier molecular flexibility index (Phi) is 3.63. The lowest BCUT2D eigenvalue weighted by Gasteiger charge is -2.19. The molecule has 5 nitrogen and oxygen atoms in total. The maximum absolute atomic E-state index is 11.7. The first-order chi connectivity index (χ1) is 8.11. The van der Waals surface area contributed by atoms with Gasteiger partial charge in [-0.1, -0.05) is 0 Å². The zero-order valence-electron chi connectivity index (χ0n) is 9.39. The van der Waals surface area contributed by atoms with E-state index < -0.39 is 5.97 Å². The number of halogens is 1. The molecule has 0 unspecified atom stereocenters. The van der Waals surface area contributed by atoms with Gasteiger partial charge in [0.05, 0.1) is 13.2 Å². The van der Waals surface area contributed by atoms with Crippen LogP contribution in [0.25, 0.3) is 0 Å². The predicted molar refractivity (Wildman–Crippen MR) is 66.1 cm³/mol. The highest BCUT2D eigenvalue weighted by Gasteiger charge is 2.25. The maximum atomic E-state index is 11.7. The Morgan fingerprint density at radius 3 is 3.06 bits per heavy atom. The molecule has 1 aromatic heterocycles. The van der Waals surface area contributed by atoms with Crippen LogP contribution in [0.15, 0.2) is 16.7 Å². The Balaban J connectivity index is 2.35. The third kappa shape index (κ3) is 2.58. The van der Waals surface area contributed by atoms with E-state index in [0.29, 0.717) is 30.9 Å². The number of nitrogens with zero attached hydrogens (tertiary/aromatic N) is 2. The van der Waals surface area contributed by atoms with Crippen LogP contribution in [-0.4, -0.2) is 42.4 Å². The van der Waals surface area contributed by atoms with Crippen molar-refractivity contribution in [2.45, 2.75) is 12.5 Å². The van der Waals surface area contributed by atoms with Gasteiger partial charge in [0, 0.05) is 23.8 Å². The highest BCUT2D eigenvalue weighted by molar-refractivity contribution is 9.10. The number of aliphatic hydroxyl groups is 1. The monoisotopic (exact) mass is 300 g/mol. The fourth-order valence-electron chi connectivity index (χ4n) is 1.88. The first kappa shape index (κ1) is 12.3. The van der Waals surface area contributed by atoms with Crippen molar-refractivity contribution in [3.8, 4) is 0 Å². The normalized spacial score (nSPS) is 19.5. The van der Waals surface area contributed by atoms with Gasteiger partial charge in [-0.2, -0.15) is 0 Å². The van der Waals surface area contributed by atoms with Gasteiger partial charge in [0.15, 0.2) is 0 Å². The fraction of sp³-hybridized carbons (Fsp3) is 0.455. The highest BCUT2D eigenvalue weighted by Crippen LogP contribution is 2.25. The number of rotatable bonds is 2. The number of esters is 1. The fourth-order valence-corrected chi connectivity index (χ4v) is 2.21. The second kappa shape index (κ2) is 5.01. The summed E-state index contributed by atoms with van der Waals surface area (Å²) in [6.07, 6.45) is 1.97. The summed E-state index contributed by atoms with van der Waals surface area (Å²) < 4.78 is 5.45. The van der Waals surface area contributed by atoms with E-state index in [1.54, 1.807) is 12.3 Å². The van der Waals surface area contributed by atoms with Crippen molar-refractivity contribution in [3.63, 3.8) is 0 Å². The van der Waals surface area contributed by atoms with E-state index in [2.05, 4.69) is 20.9 Å².